The van der Waals surface area contributed by atoms with Gasteiger partial charge >= 0.3 is 0 Å². The second-order valence-electron chi connectivity index (χ2n) is 5.17. The first-order valence-electron chi connectivity index (χ1n) is 6.50. The van der Waals surface area contributed by atoms with E-state index in [0.717, 1.165) is 17.4 Å². The summed E-state index contributed by atoms with van der Waals surface area (Å²) in [4.78, 5) is 14.2. The number of hydrogen-bond donors (Lipinski definition) is 2. The van der Waals surface area contributed by atoms with E-state index in [2.05, 4.69) is 22.9 Å². The number of phenolic OH excluding ortho intramolecular Hbond substituents is 1. The molecule has 4 nitrogen and oxygen atoms in total. The number of likely N-dealkylation sites (tertiary alicyclic amines) is 1. The Morgan fingerprint density at radius 2 is 2.32 bits per heavy atom. The minimum atomic E-state index is -0.121. The molecule has 1 amide bonds. The molecule has 1 aromatic carbocycles. The lowest BCUT2D eigenvalue weighted by Crippen LogP contribution is -2.45. The molecule has 19 heavy (non-hydrogen) atoms. The monoisotopic (exact) mass is 326 g/mol. The fourth-order valence-corrected chi connectivity index (χ4v) is 2.85. The van der Waals surface area contributed by atoms with Gasteiger partial charge in [0.05, 0.1) is 5.56 Å². The van der Waals surface area contributed by atoms with Crippen LogP contribution < -0.4 is 5.73 Å². The molecule has 0 radical (unpaired) electrons. The molecule has 0 spiro atoms. The second-order valence-corrected chi connectivity index (χ2v) is 6.09. The number of benzene rings is 1. The minimum Gasteiger partial charge on any atom is -0.507 e. The summed E-state index contributed by atoms with van der Waals surface area (Å²) in [6.45, 7) is 4.16. The highest BCUT2D eigenvalue weighted by atomic mass is 79.9. The van der Waals surface area contributed by atoms with E-state index in [4.69, 9.17) is 5.73 Å². The fraction of sp³-hybridized carbons (Fsp3) is 0.500. The molecular formula is C14H19BrN2O2. The van der Waals surface area contributed by atoms with E-state index in [9.17, 15) is 9.90 Å². The lowest BCUT2D eigenvalue weighted by molar-refractivity contribution is 0.0615. The second kappa shape index (κ2) is 5.92. The molecule has 1 saturated heterocycles. The molecule has 1 fully saturated rings. The van der Waals surface area contributed by atoms with Crippen LogP contribution in [-0.2, 0) is 0 Å². The minimum absolute atomic E-state index is 0.0242. The molecule has 0 aliphatic carbocycles. The average Bonchev–Trinajstić information content (AvgIpc) is 2.41. The van der Waals surface area contributed by atoms with E-state index in [-0.39, 0.29) is 11.7 Å². The topological polar surface area (TPSA) is 66.6 Å². The summed E-state index contributed by atoms with van der Waals surface area (Å²) in [6.07, 6.45) is 0.961. The van der Waals surface area contributed by atoms with Gasteiger partial charge in [-0.1, -0.05) is 22.9 Å². The van der Waals surface area contributed by atoms with Gasteiger partial charge in [-0.25, -0.2) is 0 Å². The van der Waals surface area contributed by atoms with Crippen molar-refractivity contribution in [3.05, 3.63) is 28.2 Å². The van der Waals surface area contributed by atoms with Gasteiger partial charge in [0.15, 0.2) is 0 Å². The van der Waals surface area contributed by atoms with Gasteiger partial charge in [0.25, 0.3) is 5.91 Å². The first-order valence-corrected chi connectivity index (χ1v) is 7.30. The number of amides is 1. The van der Waals surface area contributed by atoms with Crippen LogP contribution in [0.2, 0.25) is 0 Å². The van der Waals surface area contributed by atoms with Crippen LogP contribution in [0, 0.1) is 11.8 Å². The highest BCUT2D eigenvalue weighted by molar-refractivity contribution is 9.10. The maximum atomic E-state index is 12.4. The summed E-state index contributed by atoms with van der Waals surface area (Å²) in [5.74, 6) is 0.789. The Bertz CT molecular complexity index is 479. The number of rotatable bonds is 2. The summed E-state index contributed by atoms with van der Waals surface area (Å²) in [5.41, 5.74) is 6.10. The van der Waals surface area contributed by atoms with Crippen LogP contribution in [0.15, 0.2) is 22.7 Å². The van der Waals surface area contributed by atoms with Crippen molar-refractivity contribution in [3.8, 4) is 5.75 Å². The number of carbonyl (C=O) groups is 1. The van der Waals surface area contributed by atoms with E-state index >= 15 is 0 Å². The van der Waals surface area contributed by atoms with Gasteiger partial charge in [-0.2, -0.15) is 0 Å². The summed E-state index contributed by atoms with van der Waals surface area (Å²) < 4.78 is 0.786. The van der Waals surface area contributed by atoms with E-state index in [1.807, 2.05) is 0 Å². The number of piperidine rings is 1. The molecule has 0 saturated carbocycles. The standard InChI is InChI=1S/C14H19BrN2O2/c1-9-4-5-17(8-10(9)7-16)14(19)12-6-11(15)2-3-13(12)18/h2-3,6,9-10,18H,4-5,7-8,16H2,1H3. The van der Waals surface area contributed by atoms with Crippen LogP contribution in [-0.4, -0.2) is 35.5 Å². The molecule has 104 valence electrons. The van der Waals surface area contributed by atoms with Gasteiger partial charge in [-0.3, -0.25) is 4.79 Å². The summed E-state index contributed by atoms with van der Waals surface area (Å²) in [5, 5.41) is 9.82. The third kappa shape index (κ3) is 3.09. The van der Waals surface area contributed by atoms with Crippen molar-refractivity contribution in [1.29, 1.82) is 0 Å². The van der Waals surface area contributed by atoms with E-state index < -0.39 is 0 Å². The Labute approximate surface area is 121 Å². The van der Waals surface area contributed by atoms with Gasteiger partial charge < -0.3 is 15.7 Å². The van der Waals surface area contributed by atoms with Gasteiger partial charge in [-0.05, 0) is 43.0 Å². The molecule has 2 unspecified atom stereocenters. The van der Waals surface area contributed by atoms with Crippen LogP contribution in [0.5, 0.6) is 5.75 Å². The normalized spacial score (nSPS) is 23.4. The van der Waals surface area contributed by atoms with E-state index in [0.29, 0.717) is 30.5 Å². The van der Waals surface area contributed by atoms with Crippen LogP contribution in [0.25, 0.3) is 0 Å². The molecule has 2 atom stereocenters. The van der Waals surface area contributed by atoms with Crippen LogP contribution >= 0.6 is 15.9 Å². The quantitative estimate of drug-likeness (QED) is 0.875. The Morgan fingerprint density at radius 3 is 3.00 bits per heavy atom. The van der Waals surface area contributed by atoms with E-state index in [1.54, 1.807) is 17.0 Å². The maximum Gasteiger partial charge on any atom is 0.257 e. The highest BCUT2D eigenvalue weighted by Crippen LogP contribution is 2.27. The van der Waals surface area contributed by atoms with E-state index in [1.165, 1.54) is 6.07 Å². The molecule has 2 rings (SSSR count). The Hall–Kier alpha value is -1.07. The van der Waals surface area contributed by atoms with Crippen LogP contribution in [0.4, 0.5) is 0 Å². The first kappa shape index (κ1) is 14.3. The van der Waals surface area contributed by atoms with Gasteiger partial charge in [-0.15, -0.1) is 0 Å². The summed E-state index contributed by atoms with van der Waals surface area (Å²) in [6, 6.07) is 4.91. The zero-order valence-electron chi connectivity index (χ0n) is 11.0. The van der Waals surface area contributed by atoms with Crippen LogP contribution in [0.1, 0.15) is 23.7 Å². The Balaban J connectivity index is 2.18. The number of aromatic hydroxyl groups is 1. The van der Waals surface area contributed by atoms with Crippen LogP contribution in [0.3, 0.4) is 0 Å². The predicted molar refractivity (Wildman–Crippen MR) is 78.0 cm³/mol. The molecule has 1 heterocycles. The lowest BCUT2D eigenvalue weighted by atomic mass is 9.87. The maximum absolute atomic E-state index is 12.4. The lowest BCUT2D eigenvalue weighted by Gasteiger charge is -2.36. The third-order valence-corrected chi connectivity index (χ3v) is 4.39. The average molecular weight is 327 g/mol. The highest BCUT2D eigenvalue weighted by Gasteiger charge is 2.29. The first-order chi connectivity index (χ1) is 9.02. The summed E-state index contributed by atoms with van der Waals surface area (Å²) in [7, 11) is 0. The van der Waals surface area contributed by atoms with Crippen molar-refractivity contribution in [2.45, 2.75) is 13.3 Å². The Morgan fingerprint density at radius 1 is 1.58 bits per heavy atom. The number of carbonyl (C=O) groups excluding carboxylic acids is 1. The van der Waals surface area contributed by atoms with Crippen molar-refractivity contribution >= 4 is 21.8 Å². The molecule has 1 aromatic rings. The molecule has 5 heteroatoms. The predicted octanol–water partition coefficient (Wildman–Crippen LogP) is 2.21. The number of nitrogens with two attached hydrogens (primary N) is 1. The van der Waals surface area contributed by atoms with Gasteiger partial charge in [0, 0.05) is 17.6 Å². The largest absolute Gasteiger partial charge is 0.507 e. The molecule has 1 aliphatic rings. The Kier molecular flexibility index (Phi) is 4.47. The van der Waals surface area contributed by atoms with Crippen molar-refractivity contribution in [3.63, 3.8) is 0 Å². The number of phenols is 1. The fourth-order valence-electron chi connectivity index (χ4n) is 2.49. The zero-order chi connectivity index (χ0) is 14.0. The van der Waals surface area contributed by atoms with Crippen molar-refractivity contribution in [2.24, 2.45) is 17.6 Å². The molecule has 0 aromatic heterocycles. The van der Waals surface area contributed by atoms with Crippen molar-refractivity contribution < 1.29 is 9.90 Å². The molecular weight excluding hydrogens is 308 g/mol. The zero-order valence-corrected chi connectivity index (χ0v) is 12.6. The summed E-state index contributed by atoms with van der Waals surface area (Å²) >= 11 is 3.32. The third-order valence-electron chi connectivity index (χ3n) is 3.89. The molecule has 1 aliphatic heterocycles. The number of hydrogen-bond acceptors (Lipinski definition) is 3. The molecule has 3 N–H and O–H groups in total. The van der Waals surface area contributed by atoms with Gasteiger partial charge in [0.2, 0.25) is 0 Å². The number of nitrogens with zero attached hydrogens (tertiary/aromatic N) is 1. The van der Waals surface area contributed by atoms with Crippen molar-refractivity contribution in [1.82, 2.24) is 4.90 Å². The van der Waals surface area contributed by atoms with Crippen molar-refractivity contribution in [2.75, 3.05) is 19.6 Å². The number of halogens is 1. The smallest absolute Gasteiger partial charge is 0.257 e. The van der Waals surface area contributed by atoms with Gasteiger partial charge in [0.1, 0.15) is 5.75 Å². The SMILES string of the molecule is CC1CCN(C(=O)c2cc(Br)ccc2O)CC1CN. The molecule has 0 bridgehead atoms.